The molecule has 1 aromatic carbocycles. The molecule has 15 heavy (non-hydrogen) atoms. The molecule has 0 bridgehead atoms. The molecule has 2 rings (SSSR count). The number of halogens is 1. The van der Waals surface area contributed by atoms with Gasteiger partial charge in [0.1, 0.15) is 23.9 Å². The van der Waals surface area contributed by atoms with Gasteiger partial charge >= 0.3 is 6.01 Å². The molecule has 3 N–H and O–H groups in total. The largest absolute Gasteiger partial charge is 0.336 e. The monoisotopic (exact) mass is 207 g/mol. The maximum atomic E-state index is 13.6. The maximum absolute atomic E-state index is 13.6. The van der Waals surface area contributed by atoms with E-state index in [2.05, 4.69) is 16.1 Å². The molecule has 0 spiro atoms. The molecule has 1 aliphatic heterocycles. The molecule has 0 aliphatic carbocycles. The van der Waals surface area contributed by atoms with Crippen LogP contribution in [-0.2, 0) is 6.54 Å². The van der Waals surface area contributed by atoms with Gasteiger partial charge in [-0.3, -0.25) is 0 Å². The van der Waals surface area contributed by atoms with Crippen molar-refractivity contribution in [2.24, 2.45) is 10.8 Å². The minimum absolute atomic E-state index is 0.301. The average Bonchev–Trinajstić information content (AvgIpc) is 2.30. The van der Waals surface area contributed by atoms with Crippen molar-refractivity contribution in [3.63, 3.8) is 0 Å². The van der Waals surface area contributed by atoms with Crippen LogP contribution in [0.15, 0.2) is 23.3 Å². The summed E-state index contributed by atoms with van der Waals surface area (Å²) in [6.45, 7) is 1.68. The van der Waals surface area contributed by atoms with E-state index in [1.54, 1.807) is 17.1 Å². The first-order valence-corrected chi connectivity index (χ1v) is 4.76. The number of nitrogens with zero attached hydrogens (tertiary/aromatic N) is 2. The van der Waals surface area contributed by atoms with Gasteiger partial charge in [-0.25, -0.2) is 9.38 Å². The first kappa shape index (κ1) is 9.83. The van der Waals surface area contributed by atoms with Crippen LogP contribution in [-0.4, -0.2) is 19.1 Å². The Morgan fingerprint density at radius 3 is 3.07 bits per heavy atom. The summed E-state index contributed by atoms with van der Waals surface area (Å²) in [4.78, 5) is 2.83. The Labute approximate surface area is 86.9 Å². The molecular formula is C10H12FN4+. The van der Waals surface area contributed by atoms with Crippen LogP contribution >= 0.6 is 0 Å². The highest BCUT2D eigenvalue weighted by Crippen LogP contribution is 2.20. The van der Waals surface area contributed by atoms with Crippen LogP contribution < -0.4 is 15.7 Å². The van der Waals surface area contributed by atoms with E-state index in [1.807, 2.05) is 0 Å². The van der Waals surface area contributed by atoms with Gasteiger partial charge in [0, 0.05) is 6.54 Å². The van der Waals surface area contributed by atoms with Crippen LogP contribution in [0.1, 0.15) is 5.56 Å². The number of hydrazone groups is 1. The summed E-state index contributed by atoms with van der Waals surface area (Å²) in [7, 11) is 0. The van der Waals surface area contributed by atoms with Gasteiger partial charge in [0.2, 0.25) is 0 Å². The predicted octanol–water partition coefficient (Wildman–Crippen LogP) is -0.726. The van der Waals surface area contributed by atoms with E-state index in [1.165, 1.54) is 6.07 Å². The van der Waals surface area contributed by atoms with Crippen molar-refractivity contribution in [3.05, 3.63) is 29.6 Å². The summed E-state index contributed by atoms with van der Waals surface area (Å²) in [5, 5.41) is 5.49. The van der Waals surface area contributed by atoms with Gasteiger partial charge in [-0.2, -0.15) is 5.01 Å². The van der Waals surface area contributed by atoms with E-state index < -0.39 is 0 Å². The Bertz CT molecular complexity index is 423. The molecule has 0 atom stereocenters. The molecule has 1 aliphatic rings. The second-order valence-corrected chi connectivity index (χ2v) is 3.25. The Hall–Kier alpha value is -1.71. The van der Waals surface area contributed by atoms with E-state index >= 15 is 0 Å². The van der Waals surface area contributed by atoms with Crippen LogP contribution in [0.25, 0.3) is 0 Å². The van der Waals surface area contributed by atoms with Gasteiger partial charge in [0.15, 0.2) is 5.82 Å². The predicted molar refractivity (Wildman–Crippen MR) is 54.9 cm³/mol. The summed E-state index contributed by atoms with van der Waals surface area (Å²) in [5.74, 6) is -0.301. The second-order valence-electron chi connectivity index (χ2n) is 3.25. The highest BCUT2D eigenvalue weighted by atomic mass is 19.1. The van der Waals surface area contributed by atoms with Crippen LogP contribution in [0, 0.1) is 5.82 Å². The van der Waals surface area contributed by atoms with Gasteiger partial charge in [0.05, 0.1) is 0 Å². The average molecular weight is 207 g/mol. The smallest absolute Gasteiger partial charge is 0.326 e. The third-order valence-corrected chi connectivity index (χ3v) is 2.22. The van der Waals surface area contributed by atoms with E-state index in [4.69, 9.17) is 5.73 Å². The summed E-state index contributed by atoms with van der Waals surface area (Å²) in [6, 6.07) is 7.53. The minimum Gasteiger partial charge on any atom is -0.326 e. The lowest BCUT2D eigenvalue weighted by molar-refractivity contribution is -0.449. The number of anilines is 1. The van der Waals surface area contributed by atoms with Crippen molar-refractivity contribution >= 4 is 11.7 Å². The van der Waals surface area contributed by atoms with E-state index in [0.717, 1.165) is 5.56 Å². The fourth-order valence-corrected chi connectivity index (χ4v) is 1.42. The molecule has 0 amide bonds. The van der Waals surface area contributed by atoms with Crippen LogP contribution in [0.5, 0.6) is 0 Å². The standard InChI is InChI=1S/C10H11FN4/c11-9-5-8(6-12)1-2-10(9)15-4-3-13-7-14-15/h1-2,5H,3-4,6,12H2/p+1. The number of hydrogen-bond donors (Lipinski definition) is 2. The molecule has 0 unspecified atom stereocenters. The van der Waals surface area contributed by atoms with Crippen molar-refractivity contribution in [2.45, 2.75) is 6.54 Å². The lowest BCUT2D eigenvalue weighted by atomic mass is 10.2. The third-order valence-electron chi connectivity index (χ3n) is 2.22. The van der Waals surface area contributed by atoms with Crippen molar-refractivity contribution in [3.8, 4) is 0 Å². The normalized spacial score (nSPS) is 14.7. The number of nitrogens with two attached hydrogens (primary N) is 1. The SMILES string of the molecule is NCc1ccc(N2CC[NH+]=C=N2)c(F)c1. The quantitative estimate of drug-likeness (QED) is 0.672. The number of hydrogen-bond acceptors (Lipinski definition) is 3. The van der Waals surface area contributed by atoms with Crippen molar-refractivity contribution < 1.29 is 9.38 Å². The molecule has 1 aromatic rings. The maximum Gasteiger partial charge on any atom is 0.336 e. The Kier molecular flexibility index (Phi) is 2.76. The van der Waals surface area contributed by atoms with Crippen LogP contribution in [0.2, 0.25) is 0 Å². The summed E-state index contributed by atoms with van der Waals surface area (Å²) < 4.78 is 13.6. The van der Waals surface area contributed by atoms with Crippen LogP contribution in [0.3, 0.4) is 0 Å². The zero-order chi connectivity index (χ0) is 10.7. The van der Waals surface area contributed by atoms with Crippen molar-refractivity contribution in [1.82, 2.24) is 0 Å². The number of nitrogens with one attached hydrogen (secondary N) is 1. The summed E-state index contributed by atoms with van der Waals surface area (Å²) in [6.07, 6.45) is 0. The fourth-order valence-electron chi connectivity index (χ4n) is 1.42. The van der Waals surface area contributed by atoms with Gasteiger partial charge in [-0.1, -0.05) is 6.07 Å². The third kappa shape index (κ3) is 2.03. The van der Waals surface area contributed by atoms with E-state index in [9.17, 15) is 4.39 Å². The lowest BCUT2D eigenvalue weighted by Crippen LogP contribution is -2.71. The topological polar surface area (TPSA) is 55.6 Å². The van der Waals surface area contributed by atoms with E-state index in [-0.39, 0.29) is 5.82 Å². The van der Waals surface area contributed by atoms with Crippen molar-refractivity contribution in [1.29, 1.82) is 0 Å². The van der Waals surface area contributed by atoms with Gasteiger partial charge < -0.3 is 5.73 Å². The first-order valence-electron chi connectivity index (χ1n) is 4.76. The van der Waals surface area contributed by atoms with Gasteiger partial charge in [-0.05, 0) is 17.7 Å². The lowest BCUT2D eigenvalue weighted by Gasteiger charge is -2.12. The Balaban J connectivity index is 2.32. The Morgan fingerprint density at radius 2 is 2.47 bits per heavy atom. The van der Waals surface area contributed by atoms with Gasteiger partial charge in [-0.15, -0.1) is 0 Å². The molecule has 1 heterocycles. The van der Waals surface area contributed by atoms with Crippen molar-refractivity contribution in [2.75, 3.05) is 18.1 Å². The summed E-state index contributed by atoms with van der Waals surface area (Å²) in [5.41, 5.74) is 6.66. The number of rotatable bonds is 2. The molecule has 0 fully saturated rings. The molecule has 78 valence electrons. The minimum atomic E-state index is -0.301. The second kappa shape index (κ2) is 4.21. The Morgan fingerprint density at radius 1 is 1.60 bits per heavy atom. The van der Waals surface area contributed by atoms with Crippen LogP contribution in [0.4, 0.5) is 10.1 Å². The molecule has 0 saturated carbocycles. The number of benzene rings is 1. The summed E-state index contributed by atoms with van der Waals surface area (Å²) >= 11 is 0. The molecule has 4 nitrogen and oxygen atoms in total. The first-order chi connectivity index (χ1) is 7.31. The molecular weight excluding hydrogens is 195 g/mol. The van der Waals surface area contributed by atoms with E-state index in [0.29, 0.717) is 25.3 Å². The van der Waals surface area contributed by atoms with Gasteiger partial charge in [0.25, 0.3) is 0 Å². The molecule has 0 saturated heterocycles. The molecule has 5 heteroatoms. The zero-order valence-electron chi connectivity index (χ0n) is 8.20. The zero-order valence-corrected chi connectivity index (χ0v) is 8.20. The highest BCUT2D eigenvalue weighted by Gasteiger charge is 2.17. The fraction of sp³-hybridized carbons (Fsp3) is 0.300. The molecule has 0 radical (unpaired) electrons. The highest BCUT2D eigenvalue weighted by molar-refractivity contribution is 5.51. The molecule has 0 aromatic heterocycles.